The Morgan fingerprint density at radius 1 is 0.901 bits per heavy atom. The number of alkyl halides is 3. The number of hydrogen-bond donors (Lipinski definition) is 5. The number of benzene rings is 2. The zero-order valence-electron chi connectivity index (χ0n) is 38.2. The highest BCUT2D eigenvalue weighted by molar-refractivity contribution is 7.92. The van der Waals surface area contributed by atoms with Crippen molar-refractivity contribution < 1.29 is 59.8 Å². The molecule has 2 aromatic carbocycles. The van der Waals surface area contributed by atoms with Gasteiger partial charge in [0.15, 0.2) is 0 Å². The van der Waals surface area contributed by atoms with Crippen LogP contribution in [-0.4, -0.2) is 138 Å². The topological polar surface area (TPSA) is 283 Å². The summed E-state index contributed by atoms with van der Waals surface area (Å²) < 4.78 is 85.2. The number of carbonyl (C=O) groups is 5. The summed E-state index contributed by atoms with van der Waals surface area (Å²) in [4.78, 5) is 75.9. The molecule has 3 aromatic heterocycles. The van der Waals surface area contributed by atoms with Gasteiger partial charge in [-0.2, -0.15) is 18.2 Å². The zero-order chi connectivity index (χ0) is 50.7. The molecule has 71 heavy (non-hydrogen) atoms. The lowest BCUT2D eigenvalue weighted by molar-refractivity contribution is -0.138. The smallest absolute Gasteiger partial charge is 0.382 e. The van der Waals surface area contributed by atoms with Crippen molar-refractivity contribution in [2.75, 3.05) is 79.7 Å². The van der Waals surface area contributed by atoms with Gasteiger partial charge in [0.05, 0.1) is 76.3 Å². The first kappa shape index (κ1) is 51.2. The highest BCUT2D eigenvalue weighted by atomic mass is 32.2. The van der Waals surface area contributed by atoms with Crippen molar-refractivity contribution >= 4 is 68.5 Å². The Morgan fingerprint density at radius 3 is 2.35 bits per heavy atom. The largest absolute Gasteiger partial charge is 0.421 e. The number of ether oxygens (including phenoxy) is 3. The Kier molecular flexibility index (Phi) is 16.5. The van der Waals surface area contributed by atoms with Crippen LogP contribution in [0, 0.1) is 0 Å². The van der Waals surface area contributed by atoms with Gasteiger partial charge in [-0.15, -0.1) is 5.10 Å². The van der Waals surface area contributed by atoms with Crippen molar-refractivity contribution in [2.24, 2.45) is 0 Å². The Bertz CT molecular complexity index is 2870. The molecule has 2 aliphatic rings. The van der Waals surface area contributed by atoms with Gasteiger partial charge in [-0.25, -0.2) is 23.1 Å². The number of nitrogens with zero attached hydrogens (tertiary/aromatic N) is 8. The molecule has 5 aromatic rings. The summed E-state index contributed by atoms with van der Waals surface area (Å²) in [6.07, 6.45) is -0.0815. The van der Waals surface area contributed by atoms with Gasteiger partial charge >= 0.3 is 6.18 Å². The third kappa shape index (κ3) is 13.2. The van der Waals surface area contributed by atoms with E-state index >= 15 is 0 Å². The molecule has 5 N–H and O–H groups in total. The van der Waals surface area contributed by atoms with E-state index in [1.165, 1.54) is 55.7 Å². The van der Waals surface area contributed by atoms with Crippen LogP contribution in [0.1, 0.15) is 60.7 Å². The molecule has 1 atom stereocenters. The second kappa shape index (κ2) is 22.9. The lowest BCUT2D eigenvalue weighted by atomic mass is 10.0. The number of piperidine rings is 1. The van der Waals surface area contributed by atoms with E-state index < -0.39 is 63.2 Å². The molecule has 0 saturated carbocycles. The van der Waals surface area contributed by atoms with E-state index in [4.69, 9.17) is 14.2 Å². The summed E-state index contributed by atoms with van der Waals surface area (Å²) in [5, 5.41) is 21.6. The van der Waals surface area contributed by atoms with Gasteiger partial charge < -0.3 is 35.5 Å². The van der Waals surface area contributed by atoms with Crippen LogP contribution in [0.15, 0.2) is 73.2 Å². The lowest BCUT2D eigenvalue weighted by Gasteiger charge is -2.27. The third-order valence-corrected chi connectivity index (χ3v) is 12.0. The van der Waals surface area contributed by atoms with E-state index in [-0.39, 0.29) is 61.0 Å². The van der Waals surface area contributed by atoms with Crippen LogP contribution in [0.2, 0.25) is 0 Å². The molecule has 0 spiro atoms. The molecular weight excluding hydrogens is 960 g/mol. The van der Waals surface area contributed by atoms with Gasteiger partial charge in [-0.3, -0.25) is 38.5 Å². The van der Waals surface area contributed by atoms with Crippen molar-refractivity contribution in [1.29, 1.82) is 0 Å². The molecule has 2 aliphatic heterocycles. The summed E-state index contributed by atoms with van der Waals surface area (Å²) in [5.74, 6) is -3.42. The average molecular weight is 1010 g/mol. The summed E-state index contributed by atoms with van der Waals surface area (Å²) in [7, 11) is -2.42. The molecule has 7 rings (SSSR count). The standard InChI is InChI=1S/C44H48F3N13O10S/c1-58(71(2,66)67)38-28(5-4-14-49-38)23-50-37-32(44(45,46)47)25-52-43(55-37)53-29-10-8-27(9-11-29)39(62)51-24-30-26-59(57-56-30)16-18-69-20-22-70-21-19-68-17-15-48-33-7-3-6-31-36(33)42(65)60(41(31)64)34-12-13-35(61)54-40(34)63/h3-11,14,25-26,34,48H,12-13,15-24H2,1-2H3,(H,51,62)(H,54,61,63)(H2,50,52,53,55). The number of anilines is 5. The molecule has 0 aliphatic carbocycles. The fourth-order valence-corrected chi connectivity index (χ4v) is 7.71. The summed E-state index contributed by atoms with van der Waals surface area (Å²) in [6, 6.07) is 12.9. The minimum atomic E-state index is -4.81. The second-order valence-corrected chi connectivity index (χ2v) is 17.8. The number of sulfonamides is 1. The van der Waals surface area contributed by atoms with E-state index in [2.05, 4.69) is 51.8 Å². The van der Waals surface area contributed by atoms with Gasteiger partial charge in [0.25, 0.3) is 17.7 Å². The van der Waals surface area contributed by atoms with E-state index in [1.54, 1.807) is 23.0 Å². The van der Waals surface area contributed by atoms with Crippen LogP contribution in [0.5, 0.6) is 0 Å². The van der Waals surface area contributed by atoms with Gasteiger partial charge in [0, 0.05) is 61.5 Å². The maximum Gasteiger partial charge on any atom is 0.421 e. The molecule has 1 saturated heterocycles. The van der Waals surface area contributed by atoms with E-state index in [0.29, 0.717) is 75.0 Å². The number of aromatic nitrogens is 6. The number of halogens is 3. The molecule has 1 fully saturated rings. The van der Waals surface area contributed by atoms with Crippen molar-refractivity contribution in [3.63, 3.8) is 0 Å². The van der Waals surface area contributed by atoms with Crippen molar-refractivity contribution in [1.82, 2.24) is 45.5 Å². The highest BCUT2D eigenvalue weighted by Gasteiger charge is 2.45. The Morgan fingerprint density at radius 2 is 1.63 bits per heavy atom. The molecule has 5 heterocycles. The second-order valence-electron chi connectivity index (χ2n) is 15.8. The third-order valence-electron chi connectivity index (χ3n) is 10.9. The van der Waals surface area contributed by atoms with Crippen LogP contribution >= 0.6 is 0 Å². The molecule has 27 heteroatoms. The van der Waals surface area contributed by atoms with Crippen molar-refractivity contribution in [3.05, 3.63) is 107 Å². The number of pyridine rings is 1. The Balaban J connectivity index is 0.763. The van der Waals surface area contributed by atoms with Crippen LogP contribution in [-0.2, 0) is 59.6 Å². The van der Waals surface area contributed by atoms with Crippen molar-refractivity contribution in [2.45, 2.75) is 44.7 Å². The maximum absolute atomic E-state index is 13.9. The quantitative estimate of drug-likeness (QED) is 0.0439. The molecule has 1 unspecified atom stereocenters. The van der Waals surface area contributed by atoms with Gasteiger partial charge in [0.2, 0.25) is 27.8 Å². The average Bonchev–Trinajstić information content (AvgIpc) is 3.90. The van der Waals surface area contributed by atoms with Crippen LogP contribution in [0.25, 0.3) is 0 Å². The predicted octanol–water partition coefficient (Wildman–Crippen LogP) is 2.73. The van der Waals surface area contributed by atoms with Gasteiger partial charge in [-0.05, 0) is 48.9 Å². The number of imide groups is 2. The first-order valence-electron chi connectivity index (χ1n) is 21.9. The van der Waals surface area contributed by atoms with Crippen LogP contribution in [0.3, 0.4) is 0 Å². The number of amides is 5. The van der Waals surface area contributed by atoms with E-state index in [9.17, 15) is 45.6 Å². The Labute approximate surface area is 403 Å². The summed E-state index contributed by atoms with van der Waals surface area (Å²) in [5.41, 5.74) is 1.10. The zero-order valence-corrected chi connectivity index (χ0v) is 39.0. The number of nitrogens with one attached hydrogen (secondary N) is 5. The van der Waals surface area contributed by atoms with Crippen LogP contribution in [0.4, 0.5) is 42.1 Å². The number of hydrogen-bond acceptors (Lipinski definition) is 18. The molecule has 0 radical (unpaired) electrons. The number of rotatable bonds is 24. The highest BCUT2D eigenvalue weighted by Crippen LogP contribution is 2.35. The fourth-order valence-electron chi connectivity index (χ4n) is 7.23. The normalized spacial score (nSPS) is 14.8. The summed E-state index contributed by atoms with van der Waals surface area (Å²) in [6.45, 7) is 2.37. The number of carbonyl (C=O) groups excluding carboxylic acids is 5. The van der Waals surface area contributed by atoms with Crippen LogP contribution < -0.4 is 30.9 Å². The molecule has 376 valence electrons. The van der Waals surface area contributed by atoms with E-state index in [1.807, 2.05) is 0 Å². The SMILES string of the molecule is CN(c1ncccc1CNc1nc(Nc2ccc(C(=O)NCc3cn(CCOCCOCCOCCNc4cccc5c4C(=O)N(C4CCC(=O)NC4=O)C5=O)nn3)cc2)ncc1C(F)(F)F)S(C)(=O)=O. The maximum atomic E-state index is 13.9. The summed E-state index contributed by atoms with van der Waals surface area (Å²) >= 11 is 0. The van der Waals surface area contributed by atoms with Gasteiger partial charge in [-0.1, -0.05) is 17.3 Å². The van der Waals surface area contributed by atoms with Gasteiger partial charge in [0.1, 0.15) is 28.9 Å². The first-order valence-corrected chi connectivity index (χ1v) is 23.7. The first-order chi connectivity index (χ1) is 34.0. The lowest BCUT2D eigenvalue weighted by Crippen LogP contribution is -2.54. The Hall–Kier alpha value is -7.62. The fraction of sp³-hybridized carbons (Fsp3) is 0.364. The van der Waals surface area contributed by atoms with Crippen molar-refractivity contribution in [3.8, 4) is 0 Å². The minimum Gasteiger partial charge on any atom is -0.382 e. The minimum absolute atomic E-state index is 0.0334. The number of fused-ring (bicyclic) bond motifs is 1. The predicted molar refractivity (Wildman–Crippen MR) is 247 cm³/mol. The molecular formula is C44H48F3N13O10S. The molecule has 23 nitrogen and oxygen atoms in total. The molecule has 5 amide bonds. The monoisotopic (exact) mass is 1010 g/mol. The molecule has 0 bridgehead atoms. The van der Waals surface area contributed by atoms with E-state index in [0.717, 1.165) is 15.5 Å².